The molecule has 2 bridgehead atoms. The van der Waals surface area contributed by atoms with Gasteiger partial charge >= 0.3 is 0 Å². The second-order valence-electron chi connectivity index (χ2n) is 6.95. The normalized spacial score (nSPS) is 38.0. The van der Waals surface area contributed by atoms with E-state index in [2.05, 4.69) is 23.1 Å². The molecule has 1 aromatic rings. The first kappa shape index (κ1) is 14.6. The smallest absolute Gasteiger partial charge is 0.231 e. The number of rotatable bonds is 2. The molecule has 0 saturated carbocycles. The van der Waals surface area contributed by atoms with Crippen LogP contribution in [0.25, 0.3) is 0 Å². The summed E-state index contributed by atoms with van der Waals surface area (Å²) in [5.41, 5.74) is 2.05. The first-order valence-electron chi connectivity index (χ1n) is 8.34. The highest BCUT2D eigenvalue weighted by Crippen LogP contribution is 2.58. The number of aliphatic hydroxyl groups is 1. The third-order valence-corrected chi connectivity index (χ3v) is 6.03. The molecular formula is C18H21NO5. The molecule has 128 valence electrons. The third-order valence-electron chi connectivity index (χ3n) is 6.03. The lowest BCUT2D eigenvalue weighted by Gasteiger charge is -2.45. The molecule has 0 aromatic heterocycles. The molecule has 0 amide bonds. The zero-order chi connectivity index (χ0) is 16.5. The van der Waals surface area contributed by atoms with Crippen LogP contribution in [0.1, 0.15) is 24.0 Å². The van der Waals surface area contributed by atoms with Gasteiger partial charge in [-0.05, 0) is 18.1 Å². The van der Waals surface area contributed by atoms with Crippen LogP contribution in [0.4, 0.5) is 0 Å². The highest BCUT2D eigenvalue weighted by molar-refractivity contribution is 5.64. The van der Waals surface area contributed by atoms with Gasteiger partial charge < -0.3 is 24.1 Å². The number of methoxy groups -OCH3 is 2. The molecule has 0 radical (unpaired) electrons. The van der Waals surface area contributed by atoms with Crippen molar-refractivity contribution >= 4 is 0 Å². The van der Waals surface area contributed by atoms with Crippen molar-refractivity contribution in [1.82, 2.24) is 4.90 Å². The molecule has 3 heterocycles. The summed E-state index contributed by atoms with van der Waals surface area (Å²) in [6.45, 7) is 0.867. The third kappa shape index (κ3) is 1.66. The molecule has 6 nitrogen and oxygen atoms in total. The molecule has 4 aliphatic rings. The van der Waals surface area contributed by atoms with Crippen LogP contribution in [0.3, 0.4) is 0 Å². The van der Waals surface area contributed by atoms with Gasteiger partial charge in [-0.3, -0.25) is 4.90 Å². The molecule has 0 spiro atoms. The zero-order valence-corrected chi connectivity index (χ0v) is 13.8. The Labute approximate surface area is 140 Å². The van der Waals surface area contributed by atoms with E-state index in [1.54, 1.807) is 14.2 Å². The Bertz CT molecular complexity index is 733. The van der Waals surface area contributed by atoms with Crippen molar-refractivity contribution < 1.29 is 24.1 Å². The lowest BCUT2D eigenvalue weighted by molar-refractivity contribution is -0.00760. The van der Waals surface area contributed by atoms with Gasteiger partial charge in [0.25, 0.3) is 0 Å². The monoisotopic (exact) mass is 331 g/mol. The molecule has 1 saturated heterocycles. The van der Waals surface area contributed by atoms with E-state index in [1.807, 2.05) is 0 Å². The molecular weight excluding hydrogens is 310 g/mol. The Morgan fingerprint density at radius 1 is 1.33 bits per heavy atom. The summed E-state index contributed by atoms with van der Waals surface area (Å²) >= 11 is 0. The van der Waals surface area contributed by atoms with Crippen molar-refractivity contribution in [3.05, 3.63) is 29.3 Å². The predicted octanol–water partition coefficient (Wildman–Crippen LogP) is 1.54. The van der Waals surface area contributed by atoms with Gasteiger partial charge in [0.2, 0.25) is 12.5 Å². The molecule has 6 heteroatoms. The van der Waals surface area contributed by atoms with Gasteiger partial charge in [-0.25, -0.2) is 0 Å². The minimum absolute atomic E-state index is 0.0911. The lowest BCUT2D eigenvalue weighted by Crippen LogP contribution is -2.50. The van der Waals surface area contributed by atoms with Crippen molar-refractivity contribution in [2.75, 3.05) is 21.0 Å². The highest BCUT2D eigenvalue weighted by atomic mass is 16.7. The van der Waals surface area contributed by atoms with Gasteiger partial charge in [-0.15, -0.1) is 0 Å². The van der Waals surface area contributed by atoms with E-state index in [4.69, 9.17) is 18.9 Å². The quantitative estimate of drug-likeness (QED) is 0.830. The summed E-state index contributed by atoms with van der Waals surface area (Å²) in [7, 11) is 3.39. The van der Waals surface area contributed by atoms with E-state index in [-0.39, 0.29) is 24.4 Å². The summed E-state index contributed by atoms with van der Waals surface area (Å²) in [5.74, 6) is 2.14. The van der Waals surface area contributed by atoms with E-state index in [0.29, 0.717) is 18.7 Å². The minimum Gasteiger partial charge on any atom is -0.492 e. The van der Waals surface area contributed by atoms with Crippen LogP contribution in [0.2, 0.25) is 0 Å². The van der Waals surface area contributed by atoms with Crippen molar-refractivity contribution in [2.24, 2.45) is 0 Å². The number of hydrogen-bond donors (Lipinski definition) is 1. The molecule has 1 aliphatic carbocycles. The summed E-state index contributed by atoms with van der Waals surface area (Å²) in [6.07, 6.45) is 5.52. The predicted molar refractivity (Wildman–Crippen MR) is 85.3 cm³/mol. The molecule has 5 atom stereocenters. The average molecular weight is 331 g/mol. The molecule has 3 aliphatic heterocycles. The van der Waals surface area contributed by atoms with Crippen LogP contribution in [-0.4, -0.2) is 49.4 Å². The van der Waals surface area contributed by atoms with E-state index in [0.717, 1.165) is 23.5 Å². The second kappa shape index (κ2) is 4.88. The SMILES string of the molecule is COc1c2c(cc3c1OCO3)[C@]13C=C[C@H](OC)C[C@H]1N(C2)C(O)C3. The van der Waals surface area contributed by atoms with Gasteiger partial charge in [0.15, 0.2) is 11.5 Å². The lowest BCUT2D eigenvalue weighted by atomic mass is 9.66. The molecule has 2 unspecified atom stereocenters. The topological polar surface area (TPSA) is 60.4 Å². The fraction of sp³-hybridized carbons (Fsp3) is 0.556. The maximum Gasteiger partial charge on any atom is 0.231 e. The molecule has 1 fully saturated rings. The van der Waals surface area contributed by atoms with Crippen molar-refractivity contribution in [3.63, 3.8) is 0 Å². The first-order valence-corrected chi connectivity index (χ1v) is 8.34. The summed E-state index contributed by atoms with van der Waals surface area (Å²) < 4.78 is 22.4. The maximum atomic E-state index is 10.7. The Morgan fingerprint density at radius 2 is 2.21 bits per heavy atom. The van der Waals surface area contributed by atoms with Crippen LogP contribution < -0.4 is 14.2 Å². The number of nitrogens with zero attached hydrogens (tertiary/aromatic N) is 1. The van der Waals surface area contributed by atoms with Gasteiger partial charge in [-0.1, -0.05) is 12.2 Å². The Balaban J connectivity index is 1.74. The number of benzene rings is 1. The van der Waals surface area contributed by atoms with E-state index in [9.17, 15) is 5.11 Å². The Morgan fingerprint density at radius 3 is 3.00 bits per heavy atom. The van der Waals surface area contributed by atoms with E-state index in [1.165, 1.54) is 5.56 Å². The Kier molecular flexibility index (Phi) is 2.96. The molecule has 1 aromatic carbocycles. The van der Waals surface area contributed by atoms with Crippen LogP contribution >= 0.6 is 0 Å². The number of fused-ring (bicyclic) bond motifs is 2. The zero-order valence-electron chi connectivity index (χ0n) is 13.8. The summed E-state index contributed by atoms with van der Waals surface area (Å²) in [4.78, 5) is 2.17. The minimum atomic E-state index is -0.468. The van der Waals surface area contributed by atoms with Crippen LogP contribution in [0, 0.1) is 0 Å². The largest absolute Gasteiger partial charge is 0.492 e. The van der Waals surface area contributed by atoms with Gasteiger partial charge in [0, 0.05) is 37.1 Å². The fourth-order valence-electron chi connectivity index (χ4n) is 4.95. The molecule has 5 rings (SSSR count). The fourth-order valence-corrected chi connectivity index (χ4v) is 4.95. The van der Waals surface area contributed by atoms with Gasteiger partial charge in [-0.2, -0.15) is 0 Å². The van der Waals surface area contributed by atoms with Crippen molar-refractivity contribution in [1.29, 1.82) is 0 Å². The number of ether oxygens (including phenoxy) is 4. The summed E-state index contributed by atoms with van der Waals surface area (Å²) in [5, 5.41) is 10.7. The first-order chi connectivity index (χ1) is 11.7. The Hall–Kier alpha value is -1.76. The average Bonchev–Trinajstić information content (AvgIpc) is 3.14. The number of hydrogen-bond acceptors (Lipinski definition) is 6. The standard InChI is InChI=1S/C18H21NO5/c1-21-10-3-4-18-7-15(20)19(14(18)5-10)8-11-12(18)6-13-17(16(11)22-2)24-9-23-13/h3-4,6,10,14-15,20H,5,7-9H2,1-2H3/t10-,14+,15?,18+/m0/s1. The summed E-state index contributed by atoms with van der Waals surface area (Å²) in [6, 6.07) is 2.31. The molecule has 24 heavy (non-hydrogen) atoms. The van der Waals surface area contributed by atoms with Gasteiger partial charge in [0.05, 0.1) is 13.2 Å². The van der Waals surface area contributed by atoms with Crippen molar-refractivity contribution in [2.45, 2.75) is 43.2 Å². The van der Waals surface area contributed by atoms with Crippen molar-refractivity contribution in [3.8, 4) is 17.2 Å². The van der Waals surface area contributed by atoms with Gasteiger partial charge in [0.1, 0.15) is 6.23 Å². The second-order valence-corrected chi connectivity index (χ2v) is 6.95. The maximum absolute atomic E-state index is 10.7. The molecule has 1 N–H and O–H groups in total. The van der Waals surface area contributed by atoms with Crippen LogP contribution in [-0.2, 0) is 16.7 Å². The van der Waals surface area contributed by atoms with Crippen LogP contribution in [0.5, 0.6) is 17.2 Å². The number of aliphatic hydroxyl groups excluding tert-OH is 1. The van der Waals surface area contributed by atoms with Crippen LogP contribution in [0.15, 0.2) is 18.2 Å². The van der Waals surface area contributed by atoms with E-state index < -0.39 is 6.23 Å². The van der Waals surface area contributed by atoms with E-state index >= 15 is 0 Å². The highest BCUT2D eigenvalue weighted by Gasteiger charge is 2.57.